The minimum absolute atomic E-state index is 0.0536. The molecule has 3 aromatic rings. The predicted octanol–water partition coefficient (Wildman–Crippen LogP) is 3.15. The van der Waals surface area contributed by atoms with Gasteiger partial charge in [0.05, 0.1) is 48.9 Å². The van der Waals surface area contributed by atoms with Gasteiger partial charge in [-0.25, -0.2) is 18.4 Å². The molecule has 4 bridgehead atoms. The average molecular weight is 683 g/mol. The van der Waals surface area contributed by atoms with Crippen LogP contribution in [0.1, 0.15) is 49.2 Å². The first kappa shape index (κ1) is 35.2. The highest BCUT2D eigenvalue weighted by atomic mass is 32.2. The fourth-order valence-electron chi connectivity index (χ4n) is 5.39. The van der Waals surface area contributed by atoms with Gasteiger partial charge in [-0.3, -0.25) is 9.59 Å². The van der Waals surface area contributed by atoms with Crippen molar-refractivity contribution in [1.82, 2.24) is 19.6 Å². The van der Waals surface area contributed by atoms with E-state index < -0.39 is 27.4 Å². The second kappa shape index (κ2) is 15.4. The molecule has 1 amide bonds. The van der Waals surface area contributed by atoms with E-state index in [0.717, 1.165) is 16.4 Å². The van der Waals surface area contributed by atoms with E-state index in [4.69, 9.17) is 19.9 Å². The van der Waals surface area contributed by atoms with E-state index in [1.807, 2.05) is 12.1 Å². The molecular formula is C33H42N6O8S. The number of fused-ring (bicyclic) bond motifs is 13. The lowest BCUT2D eigenvalue weighted by molar-refractivity contribution is -0.146. The van der Waals surface area contributed by atoms with E-state index in [1.165, 1.54) is 63.6 Å². The fraction of sp³-hybridized carbons (Fsp3) is 0.455. The Kier molecular flexibility index (Phi) is 11.3. The van der Waals surface area contributed by atoms with Gasteiger partial charge in [-0.1, -0.05) is 30.7 Å². The Morgan fingerprint density at radius 3 is 2.48 bits per heavy atom. The van der Waals surface area contributed by atoms with Crippen molar-refractivity contribution >= 4 is 33.4 Å². The summed E-state index contributed by atoms with van der Waals surface area (Å²) in [6.07, 6.45) is 5.08. The van der Waals surface area contributed by atoms with Gasteiger partial charge in [-0.2, -0.15) is 4.31 Å². The van der Waals surface area contributed by atoms with Gasteiger partial charge in [0, 0.05) is 24.2 Å². The molecule has 258 valence electrons. The van der Waals surface area contributed by atoms with Gasteiger partial charge in [-0.15, -0.1) is 0 Å². The number of ether oxygens (including phenoxy) is 3. The van der Waals surface area contributed by atoms with Gasteiger partial charge in [0.2, 0.25) is 10.0 Å². The number of carbonyl (C=O) groups is 2. The van der Waals surface area contributed by atoms with Crippen LogP contribution in [0.3, 0.4) is 0 Å². The van der Waals surface area contributed by atoms with Crippen LogP contribution in [0.5, 0.6) is 5.75 Å². The van der Waals surface area contributed by atoms with Crippen LogP contribution in [0.2, 0.25) is 0 Å². The van der Waals surface area contributed by atoms with Gasteiger partial charge < -0.3 is 35.7 Å². The van der Waals surface area contributed by atoms with Crippen LogP contribution in [0, 0.1) is 5.92 Å². The number of hydrogen-bond acceptors (Lipinski definition) is 11. The molecule has 2 aliphatic heterocycles. The first-order valence-electron chi connectivity index (χ1n) is 15.9. The number of anilines is 2. The van der Waals surface area contributed by atoms with E-state index >= 15 is 0 Å². The van der Waals surface area contributed by atoms with Crippen molar-refractivity contribution in [2.75, 3.05) is 57.2 Å². The van der Waals surface area contributed by atoms with Crippen LogP contribution in [-0.4, -0.2) is 91.3 Å². The highest BCUT2D eigenvalue weighted by molar-refractivity contribution is 7.89. The maximum atomic E-state index is 13.7. The number of carboxylic acids is 1. The van der Waals surface area contributed by atoms with E-state index in [9.17, 15) is 23.1 Å². The molecule has 48 heavy (non-hydrogen) atoms. The molecule has 15 heteroatoms. The zero-order valence-corrected chi connectivity index (χ0v) is 27.9. The Bertz CT molecular complexity index is 1710. The molecule has 1 fully saturated rings. The summed E-state index contributed by atoms with van der Waals surface area (Å²) >= 11 is 0. The molecule has 5 N–H and O–H groups in total. The van der Waals surface area contributed by atoms with Crippen molar-refractivity contribution in [2.24, 2.45) is 5.92 Å². The number of nitrogen functional groups attached to an aromatic ring is 1. The van der Waals surface area contributed by atoms with Crippen LogP contribution in [0.25, 0.3) is 11.3 Å². The molecule has 0 spiro atoms. The number of aliphatic carboxylic acids is 1. The van der Waals surface area contributed by atoms with Crippen molar-refractivity contribution < 1.29 is 37.3 Å². The van der Waals surface area contributed by atoms with Gasteiger partial charge in [0.25, 0.3) is 5.91 Å². The fourth-order valence-corrected chi connectivity index (χ4v) is 7.12. The minimum Gasteiger partial charge on any atom is -0.489 e. The lowest BCUT2D eigenvalue weighted by Crippen LogP contribution is -2.54. The maximum Gasteiger partial charge on any atom is 0.324 e. The summed E-state index contributed by atoms with van der Waals surface area (Å²) in [6, 6.07) is 11.2. The monoisotopic (exact) mass is 682 g/mol. The van der Waals surface area contributed by atoms with E-state index in [0.29, 0.717) is 29.5 Å². The number of hydrogen-bond donors (Lipinski definition) is 4. The number of benzene rings is 2. The first-order chi connectivity index (χ1) is 23.0. The molecule has 3 heterocycles. The molecule has 1 aromatic heterocycles. The smallest absolute Gasteiger partial charge is 0.324 e. The summed E-state index contributed by atoms with van der Waals surface area (Å²) < 4.78 is 45.8. The number of sulfonamides is 1. The number of carboxylic acid groups (broad SMARTS) is 1. The lowest BCUT2D eigenvalue weighted by atomic mass is 9.85. The first-order valence-corrected chi connectivity index (χ1v) is 17.3. The second-order valence-electron chi connectivity index (χ2n) is 12.2. The number of nitrogens with zero attached hydrogens (tertiary/aromatic N) is 3. The molecule has 0 unspecified atom stereocenters. The van der Waals surface area contributed by atoms with Gasteiger partial charge in [0.15, 0.2) is 11.5 Å². The molecule has 0 atom stereocenters. The van der Waals surface area contributed by atoms with Crippen LogP contribution < -0.4 is 21.1 Å². The summed E-state index contributed by atoms with van der Waals surface area (Å²) in [4.78, 5) is 34.2. The SMILES string of the molecule is CC(C)(C(=O)O)N1CCOCCOCCOc2c(CNCC3CCC3)cccc2NC(=O)c2nc(cnc2N)-c2ccc(cc2)S1(=O)=O. The van der Waals surface area contributed by atoms with Crippen molar-refractivity contribution in [2.45, 2.75) is 50.1 Å². The Morgan fingerprint density at radius 1 is 1.08 bits per heavy atom. The number of amides is 1. The number of rotatable bonds is 6. The molecule has 6 rings (SSSR count). The molecule has 0 saturated heterocycles. The topological polar surface area (TPSA) is 195 Å². The quantitative estimate of drug-likeness (QED) is 0.278. The molecule has 2 aromatic carbocycles. The van der Waals surface area contributed by atoms with Crippen molar-refractivity contribution in [1.29, 1.82) is 0 Å². The summed E-state index contributed by atoms with van der Waals surface area (Å²) in [7, 11) is -4.27. The second-order valence-corrected chi connectivity index (χ2v) is 14.1. The predicted molar refractivity (Wildman–Crippen MR) is 178 cm³/mol. The van der Waals surface area contributed by atoms with E-state index in [-0.39, 0.29) is 61.7 Å². The Morgan fingerprint density at radius 2 is 1.79 bits per heavy atom. The molecule has 1 aliphatic carbocycles. The summed E-state index contributed by atoms with van der Waals surface area (Å²) in [6.45, 7) is 4.56. The zero-order chi connectivity index (χ0) is 34.3. The highest BCUT2D eigenvalue weighted by Gasteiger charge is 2.42. The normalized spacial score (nSPS) is 18.3. The summed E-state index contributed by atoms with van der Waals surface area (Å²) in [5.74, 6) is -0.840. The van der Waals surface area contributed by atoms with Crippen LogP contribution in [-0.2, 0) is 30.8 Å². The molecular weight excluding hydrogens is 640 g/mol. The molecule has 0 radical (unpaired) electrons. The summed E-state index contributed by atoms with van der Waals surface area (Å²) in [5.41, 5.74) is 6.24. The van der Waals surface area contributed by atoms with Crippen molar-refractivity contribution in [3.63, 3.8) is 0 Å². The van der Waals surface area contributed by atoms with Gasteiger partial charge in [0.1, 0.15) is 17.9 Å². The minimum atomic E-state index is -4.27. The molecule has 3 aliphatic rings. The number of carbonyl (C=O) groups excluding carboxylic acids is 1. The van der Waals surface area contributed by atoms with Crippen LogP contribution in [0.4, 0.5) is 11.5 Å². The average Bonchev–Trinajstić information content (AvgIpc) is 3.03. The molecule has 1 saturated carbocycles. The third kappa shape index (κ3) is 8.10. The number of nitrogens with one attached hydrogen (secondary N) is 2. The number of aromatic nitrogens is 2. The van der Waals surface area contributed by atoms with Crippen molar-refractivity contribution in [3.05, 3.63) is 59.9 Å². The van der Waals surface area contributed by atoms with Gasteiger partial charge >= 0.3 is 5.97 Å². The Hall–Kier alpha value is -4.15. The zero-order valence-electron chi connectivity index (χ0n) is 27.1. The van der Waals surface area contributed by atoms with E-state index in [2.05, 4.69) is 20.6 Å². The van der Waals surface area contributed by atoms with Crippen molar-refractivity contribution in [3.8, 4) is 17.0 Å². The largest absolute Gasteiger partial charge is 0.489 e. The number of nitrogens with two attached hydrogens (primary N) is 1. The van der Waals surface area contributed by atoms with E-state index in [1.54, 1.807) is 6.07 Å². The van der Waals surface area contributed by atoms with Crippen LogP contribution in [0.15, 0.2) is 53.6 Å². The Labute approximate surface area is 280 Å². The van der Waals surface area contributed by atoms with Crippen LogP contribution >= 0.6 is 0 Å². The standard InChI is InChI=1S/C33H42N6O8S/c1-33(2,32(41)42)39-13-14-45-15-16-46-17-18-47-29-24(20-35-19-22-5-3-6-22)7-4-8-26(29)38-31(40)28-30(34)36-21-27(37-28)23-9-11-25(12-10-23)48(39,43)44/h4,7-12,21-22,35H,3,5-6,13-20H2,1-2H3,(H2,34,36)(H,38,40)(H,41,42). The third-order valence-electron chi connectivity index (χ3n) is 8.50. The third-order valence-corrected chi connectivity index (χ3v) is 10.6. The number of para-hydroxylation sites is 1. The highest BCUT2D eigenvalue weighted by Crippen LogP contribution is 2.32. The maximum absolute atomic E-state index is 13.7. The lowest BCUT2D eigenvalue weighted by Gasteiger charge is -2.34. The molecule has 14 nitrogen and oxygen atoms in total. The Balaban J connectivity index is 1.45. The van der Waals surface area contributed by atoms with Gasteiger partial charge in [-0.05, 0) is 57.4 Å². The summed E-state index contributed by atoms with van der Waals surface area (Å²) in [5, 5.41) is 16.2.